The molecule has 164 valence electrons. The van der Waals surface area contributed by atoms with E-state index in [-0.39, 0.29) is 0 Å². The molecule has 1 fully saturated rings. The van der Waals surface area contributed by atoms with Crippen molar-refractivity contribution in [2.75, 3.05) is 53.9 Å². The zero-order valence-electron chi connectivity index (χ0n) is 18.7. The summed E-state index contributed by atoms with van der Waals surface area (Å²) in [6.07, 6.45) is 1.94. The molecule has 0 amide bonds. The van der Waals surface area contributed by atoms with Crippen molar-refractivity contribution in [1.29, 1.82) is 0 Å². The van der Waals surface area contributed by atoms with Crippen molar-refractivity contribution >= 4 is 5.96 Å². The predicted octanol–water partition coefficient (Wildman–Crippen LogP) is 0.176. The number of piperazine rings is 1. The summed E-state index contributed by atoms with van der Waals surface area (Å²) < 4.78 is 7.16. The molecule has 9 heteroatoms. The summed E-state index contributed by atoms with van der Waals surface area (Å²) >= 11 is 0. The van der Waals surface area contributed by atoms with Crippen molar-refractivity contribution in [2.45, 2.75) is 51.9 Å². The Morgan fingerprint density at radius 3 is 2.69 bits per heavy atom. The fourth-order valence-electron chi connectivity index (χ4n) is 4.20. The third-order valence-corrected chi connectivity index (χ3v) is 5.99. The molecule has 0 bridgehead atoms. The van der Waals surface area contributed by atoms with Crippen molar-refractivity contribution < 1.29 is 4.74 Å². The van der Waals surface area contributed by atoms with Gasteiger partial charge in [-0.2, -0.15) is 5.10 Å². The molecule has 0 saturated carbocycles. The quantitative estimate of drug-likeness (QED) is 0.494. The van der Waals surface area contributed by atoms with E-state index in [0.29, 0.717) is 24.6 Å². The summed E-state index contributed by atoms with van der Waals surface area (Å²) in [6, 6.07) is 0.805. The van der Waals surface area contributed by atoms with Crippen LogP contribution in [0.5, 0.6) is 0 Å². The Bertz CT molecular complexity index is 665. The van der Waals surface area contributed by atoms with Crippen molar-refractivity contribution in [2.24, 2.45) is 10.9 Å². The Morgan fingerprint density at radius 2 is 2.03 bits per heavy atom. The Kier molecular flexibility index (Phi) is 7.85. The van der Waals surface area contributed by atoms with Gasteiger partial charge in [0.2, 0.25) is 0 Å². The summed E-state index contributed by atoms with van der Waals surface area (Å²) in [7, 11) is 5.72. The summed E-state index contributed by atoms with van der Waals surface area (Å²) in [4.78, 5) is 14.0. The Labute approximate surface area is 174 Å². The standard InChI is InChI=1S/C20H38N8O/c1-15(2)17(27-10-8-26(4)9-11-27)12-22-20(21-3)23-16-6-7-19-24-18(14-29-5)25-28(19)13-16/h15-17H,6-14H2,1-5H3,(H2,21,22,23). The number of ether oxygens (including phenoxy) is 1. The van der Waals surface area contributed by atoms with Crippen LogP contribution in [0.2, 0.25) is 0 Å². The third kappa shape index (κ3) is 5.90. The number of aliphatic imine (C=N–C) groups is 1. The first-order valence-electron chi connectivity index (χ1n) is 10.8. The molecule has 0 aromatic carbocycles. The number of guanidine groups is 1. The third-order valence-electron chi connectivity index (χ3n) is 5.99. The Hall–Kier alpha value is -1.71. The lowest BCUT2D eigenvalue weighted by atomic mass is 10.0. The topological polar surface area (TPSA) is 82.8 Å². The second kappa shape index (κ2) is 10.4. The number of aryl methyl sites for hydroxylation is 1. The van der Waals surface area contributed by atoms with Gasteiger partial charge in [-0.3, -0.25) is 9.89 Å². The van der Waals surface area contributed by atoms with Crippen molar-refractivity contribution in [3.8, 4) is 0 Å². The van der Waals surface area contributed by atoms with E-state index in [2.05, 4.69) is 56.4 Å². The van der Waals surface area contributed by atoms with E-state index < -0.39 is 0 Å². The van der Waals surface area contributed by atoms with Gasteiger partial charge >= 0.3 is 0 Å². The summed E-state index contributed by atoms with van der Waals surface area (Å²) in [5.74, 6) is 3.27. The van der Waals surface area contributed by atoms with Crippen LogP contribution in [0.1, 0.15) is 31.9 Å². The van der Waals surface area contributed by atoms with Gasteiger partial charge in [0.15, 0.2) is 11.8 Å². The molecule has 3 heterocycles. The predicted molar refractivity (Wildman–Crippen MR) is 115 cm³/mol. The fraction of sp³-hybridized carbons (Fsp3) is 0.850. The molecule has 2 aliphatic heterocycles. The first-order chi connectivity index (χ1) is 14.0. The molecule has 1 aromatic heterocycles. The summed E-state index contributed by atoms with van der Waals surface area (Å²) in [5, 5.41) is 11.7. The summed E-state index contributed by atoms with van der Waals surface area (Å²) in [6.45, 7) is 11.3. The normalized spacial score (nSPS) is 22.6. The van der Waals surface area contributed by atoms with E-state index in [4.69, 9.17) is 4.74 Å². The minimum absolute atomic E-state index is 0.298. The molecule has 0 radical (unpaired) electrons. The van der Waals surface area contributed by atoms with Crippen molar-refractivity contribution in [1.82, 2.24) is 35.2 Å². The van der Waals surface area contributed by atoms with Crippen LogP contribution in [0.15, 0.2) is 4.99 Å². The maximum atomic E-state index is 5.15. The molecular formula is C20H38N8O. The van der Waals surface area contributed by atoms with E-state index in [1.54, 1.807) is 7.11 Å². The number of aromatic nitrogens is 3. The van der Waals surface area contributed by atoms with Crippen LogP contribution in [0.4, 0.5) is 0 Å². The number of nitrogens with zero attached hydrogens (tertiary/aromatic N) is 6. The molecule has 3 rings (SSSR count). The molecule has 2 N–H and O–H groups in total. The minimum atomic E-state index is 0.298. The zero-order valence-corrected chi connectivity index (χ0v) is 18.7. The lowest BCUT2D eigenvalue weighted by Crippen LogP contribution is -2.56. The van der Waals surface area contributed by atoms with Gasteiger partial charge in [-0.15, -0.1) is 0 Å². The molecule has 2 aliphatic rings. The van der Waals surface area contributed by atoms with Gasteiger partial charge in [0.05, 0.1) is 6.54 Å². The average Bonchev–Trinajstić information content (AvgIpc) is 3.10. The second-order valence-corrected chi connectivity index (χ2v) is 8.54. The number of nitrogens with one attached hydrogen (secondary N) is 2. The smallest absolute Gasteiger partial charge is 0.191 e. The average molecular weight is 407 g/mol. The SMILES string of the molecule is CN=C(NCC(C(C)C)N1CCN(C)CC1)NC1CCc2nc(COC)nn2C1. The number of hydrogen-bond acceptors (Lipinski definition) is 6. The monoisotopic (exact) mass is 406 g/mol. The minimum Gasteiger partial charge on any atom is -0.377 e. The van der Waals surface area contributed by atoms with E-state index in [9.17, 15) is 0 Å². The van der Waals surface area contributed by atoms with Crippen LogP contribution >= 0.6 is 0 Å². The highest BCUT2D eigenvalue weighted by Gasteiger charge is 2.26. The van der Waals surface area contributed by atoms with Gasteiger partial charge in [0, 0.05) is 65.4 Å². The van der Waals surface area contributed by atoms with E-state index in [1.807, 2.05) is 11.7 Å². The number of rotatable bonds is 7. The Balaban J connectivity index is 1.52. The van der Waals surface area contributed by atoms with Gasteiger partial charge in [-0.1, -0.05) is 13.8 Å². The number of methoxy groups -OCH3 is 1. The first-order valence-corrected chi connectivity index (χ1v) is 10.8. The second-order valence-electron chi connectivity index (χ2n) is 8.54. The number of hydrogen-bond donors (Lipinski definition) is 2. The van der Waals surface area contributed by atoms with E-state index in [1.165, 1.54) is 0 Å². The van der Waals surface area contributed by atoms with E-state index in [0.717, 1.165) is 69.7 Å². The summed E-state index contributed by atoms with van der Waals surface area (Å²) in [5.41, 5.74) is 0. The molecule has 2 atom stereocenters. The molecule has 29 heavy (non-hydrogen) atoms. The lowest BCUT2D eigenvalue weighted by molar-refractivity contribution is 0.0899. The van der Waals surface area contributed by atoms with Crippen LogP contribution in [-0.4, -0.2) is 96.5 Å². The highest BCUT2D eigenvalue weighted by molar-refractivity contribution is 5.80. The Morgan fingerprint density at radius 1 is 1.28 bits per heavy atom. The van der Waals surface area contributed by atoms with Gasteiger partial charge in [0.1, 0.15) is 12.4 Å². The van der Waals surface area contributed by atoms with E-state index >= 15 is 0 Å². The zero-order chi connectivity index (χ0) is 20.8. The highest BCUT2D eigenvalue weighted by atomic mass is 16.5. The molecule has 9 nitrogen and oxygen atoms in total. The van der Waals surface area contributed by atoms with Gasteiger partial charge in [-0.05, 0) is 19.4 Å². The molecule has 1 aromatic rings. The maximum absolute atomic E-state index is 5.15. The molecular weight excluding hydrogens is 368 g/mol. The number of fused-ring (bicyclic) bond motifs is 1. The van der Waals surface area contributed by atoms with Crippen LogP contribution < -0.4 is 10.6 Å². The van der Waals surface area contributed by atoms with Crippen molar-refractivity contribution in [3.63, 3.8) is 0 Å². The molecule has 2 unspecified atom stereocenters. The maximum Gasteiger partial charge on any atom is 0.191 e. The fourth-order valence-corrected chi connectivity index (χ4v) is 4.20. The van der Waals surface area contributed by atoms with Gasteiger partial charge < -0.3 is 20.3 Å². The van der Waals surface area contributed by atoms with Gasteiger partial charge in [-0.25, -0.2) is 9.67 Å². The van der Waals surface area contributed by atoms with Crippen LogP contribution in [-0.2, 0) is 24.3 Å². The van der Waals surface area contributed by atoms with Gasteiger partial charge in [0.25, 0.3) is 0 Å². The first kappa shape index (κ1) is 22.0. The highest BCUT2D eigenvalue weighted by Crippen LogP contribution is 2.15. The largest absolute Gasteiger partial charge is 0.377 e. The molecule has 0 aliphatic carbocycles. The van der Waals surface area contributed by atoms with Crippen LogP contribution in [0.3, 0.4) is 0 Å². The van der Waals surface area contributed by atoms with Crippen LogP contribution in [0, 0.1) is 5.92 Å². The van der Waals surface area contributed by atoms with Crippen molar-refractivity contribution in [3.05, 3.63) is 11.6 Å². The number of likely N-dealkylation sites (N-methyl/N-ethyl adjacent to an activating group) is 1. The van der Waals surface area contributed by atoms with Crippen LogP contribution in [0.25, 0.3) is 0 Å². The molecule has 0 spiro atoms. The molecule has 1 saturated heterocycles. The lowest BCUT2D eigenvalue weighted by Gasteiger charge is -2.40.